The van der Waals surface area contributed by atoms with Gasteiger partial charge in [0.15, 0.2) is 4.34 Å². The fourth-order valence-electron chi connectivity index (χ4n) is 2.33. The van der Waals surface area contributed by atoms with Gasteiger partial charge in [-0.15, -0.1) is 10.2 Å². The van der Waals surface area contributed by atoms with E-state index in [-0.39, 0.29) is 5.75 Å². The Bertz CT molecular complexity index is 417. The van der Waals surface area contributed by atoms with Crippen LogP contribution in [0.3, 0.4) is 0 Å². The number of carbonyl (C=O) groups is 1. The molecular weight excluding hydrogens is 282 g/mol. The first-order valence-electron chi connectivity index (χ1n) is 6.62. The topological polar surface area (TPSA) is 66.3 Å². The van der Waals surface area contributed by atoms with Crippen LogP contribution in [0.1, 0.15) is 32.6 Å². The molecule has 1 aliphatic heterocycles. The smallest absolute Gasteiger partial charge is 0.313 e. The number of nitrogens with zero attached hydrogens (tertiary/aromatic N) is 3. The largest absolute Gasteiger partial charge is 0.481 e. The number of carboxylic acids is 1. The zero-order valence-electron chi connectivity index (χ0n) is 11.0. The molecule has 0 radical (unpaired) electrons. The molecule has 1 aliphatic rings. The van der Waals surface area contributed by atoms with Crippen LogP contribution in [-0.2, 0) is 4.79 Å². The van der Waals surface area contributed by atoms with Crippen molar-refractivity contribution >= 4 is 34.2 Å². The van der Waals surface area contributed by atoms with Crippen LogP contribution in [0.25, 0.3) is 0 Å². The highest BCUT2D eigenvalue weighted by molar-refractivity contribution is 8.01. The number of aromatic nitrogens is 2. The second kappa shape index (κ2) is 7.09. The van der Waals surface area contributed by atoms with Crippen LogP contribution in [0.15, 0.2) is 4.34 Å². The SMILES string of the molecule is CCCC1CCN(c2nnc(SCC(=O)O)s2)CC1. The van der Waals surface area contributed by atoms with Gasteiger partial charge in [-0.05, 0) is 18.8 Å². The van der Waals surface area contributed by atoms with Crippen LogP contribution in [0.5, 0.6) is 0 Å². The zero-order chi connectivity index (χ0) is 13.7. The highest BCUT2D eigenvalue weighted by Crippen LogP contribution is 2.31. The molecule has 7 heteroatoms. The summed E-state index contributed by atoms with van der Waals surface area (Å²) in [5.41, 5.74) is 0. The molecule has 0 bridgehead atoms. The number of carboxylic acid groups (broad SMARTS) is 1. The van der Waals surface area contributed by atoms with Crippen LogP contribution < -0.4 is 4.90 Å². The molecular formula is C12H19N3O2S2. The molecule has 19 heavy (non-hydrogen) atoms. The average Bonchev–Trinajstić information content (AvgIpc) is 2.86. The lowest BCUT2D eigenvalue weighted by molar-refractivity contribution is -0.133. The van der Waals surface area contributed by atoms with E-state index >= 15 is 0 Å². The van der Waals surface area contributed by atoms with Crippen molar-refractivity contribution in [1.29, 1.82) is 0 Å². The molecule has 0 saturated carbocycles. The normalized spacial score (nSPS) is 16.8. The molecule has 0 spiro atoms. The van der Waals surface area contributed by atoms with E-state index in [0.717, 1.165) is 28.5 Å². The minimum absolute atomic E-state index is 0.0488. The standard InChI is InChI=1S/C12H19N3O2S2/c1-2-3-9-4-6-15(7-5-9)11-13-14-12(19-11)18-8-10(16)17/h9H,2-8H2,1H3,(H,16,17). The predicted molar refractivity (Wildman–Crippen MR) is 78.1 cm³/mol. The molecule has 106 valence electrons. The quantitative estimate of drug-likeness (QED) is 0.815. The van der Waals surface area contributed by atoms with Crippen molar-refractivity contribution < 1.29 is 9.90 Å². The summed E-state index contributed by atoms with van der Waals surface area (Å²) in [6.45, 7) is 4.33. The number of rotatable bonds is 6. The van der Waals surface area contributed by atoms with Crippen LogP contribution in [0, 0.1) is 5.92 Å². The molecule has 1 fully saturated rings. The lowest BCUT2D eigenvalue weighted by Crippen LogP contribution is -2.33. The molecule has 1 saturated heterocycles. The van der Waals surface area contributed by atoms with Gasteiger partial charge in [0, 0.05) is 13.1 Å². The van der Waals surface area contributed by atoms with Gasteiger partial charge in [-0.2, -0.15) is 0 Å². The molecule has 0 amide bonds. The van der Waals surface area contributed by atoms with Gasteiger partial charge in [0.1, 0.15) is 0 Å². The number of hydrogen-bond acceptors (Lipinski definition) is 6. The summed E-state index contributed by atoms with van der Waals surface area (Å²) in [4.78, 5) is 12.8. The third kappa shape index (κ3) is 4.35. The lowest BCUT2D eigenvalue weighted by Gasteiger charge is -2.31. The van der Waals surface area contributed by atoms with Gasteiger partial charge in [0.05, 0.1) is 5.75 Å². The van der Waals surface area contributed by atoms with E-state index in [2.05, 4.69) is 22.0 Å². The van der Waals surface area contributed by atoms with Crippen molar-refractivity contribution in [3.63, 3.8) is 0 Å². The molecule has 0 aromatic carbocycles. The van der Waals surface area contributed by atoms with Gasteiger partial charge in [-0.1, -0.05) is 42.9 Å². The van der Waals surface area contributed by atoms with Crippen molar-refractivity contribution in [2.75, 3.05) is 23.7 Å². The highest BCUT2D eigenvalue weighted by Gasteiger charge is 2.21. The van der Waals surface area contributed by atoms with E-state index in [0.29, 0.717) is 0 Å². The number of hydrogen-bond donors (Lipinski definition) is 1. The highest BCUT2D eigenvalue weighted by atomic mass is 32.2. The Morgan fingerprint density at radius 3 is 2.84 bits per heavy atom. The fourth-order valence-corrected chi connectivity index (χ4v) is 3.95. The van der Waals surface area contributed by atoms with E-state index in [1.165, 1.54) is 48.8 Å². The molecule has 1 aromatic heterocycles. The van der Waals surface area contributed by atoms with E-state index in [1.54, 1.807) is 0 Å². The number of thioether (sulfide) groups is 1. The molecule has 0 atom stereocenters. The Morgan fingerprint density at radius 1 is 1.47 bits per heavy atom. The van der Waals surface area contributed by atoms with Crippen LogP contribution in [0.4, 0.5) is 5.13 Å². The van der Waals surface area contributed by atoms with Crippen LogP contribution in [0.2, 0.25) is 0 Å². The molecule has 2 heterocycles. The molecule has 5 nitrogen and oxygen atoms in total. The summed E-state index contributed by atoms with van der Waals surface area (Å²) < 4.78 is 0.744. The van der Waals surface area contributed by atoms with E-state index in [9.17, 15) is 4.79 Å². The Balaban J connectivity index is 1.84. The fraction of sp³-hybridized carbons (Fsp3) is 0.750. The summed E-state index contributed by atoms with van der Waals surface area (Å²) in [5.74, 6) is 0.0879. The van der Waals surface area contributed by atoms with E-state index < -0.39 is 5.97 Å². The van der Waals surface area contributed by atoms with Crippen molar-refractivity contribution in [2.45, 2.75) is 36.9 Å². The first kappa shape index (κ1) is 14.6. The minimum Gasteiger partial charge on any atom is -0.481 e. The Hall–Kier alpha value is -0.820. The maximum atomic E-state index is 10.5. The van der Waals surface area contributed by atoms with Gasteiger partial charge >= 0.3 is 5.97 Å². The van der Waals surface area contributed by atoms with Gasteiger partial charge in [0.2, 0.25) is 5.13 Å². The predicted octanol–water partition coefficient (Wildman–Crippen LogP) is 2.73. The average molecular weight is 301 g/mol. The molecule has 1 N–H and O–H groups in total. The third-order valence-corrected chi connectivity index (χ3v) is 5.40. The van der Waals surface area contributed by atoms with Crippen LogP contribution in [-0.4, -0.2) is 40.1 Å². The summed E-state index contributed by atoms with van der Waals surface area (Å²) in [6.07, 6.45) is 5.04. The molecule has 2 rings (SSSR count). The first-order valence-corrected chi connectivity index (χ1v) is 8.42. The number of anilines is 1. The van der Waals surface area contributed by atoms with Gasteiger partial charge in [0.25, 0.3) is 0 Å². The van der Waals surface area contributed by atoms with Crippen molar-refractivity contribution in [3.05, 3.63) is 0 Å². The van der Waals surface area contributed by atoms with Gasteiger partial charge in [-0.3, -0.25) is 4.79 Å². The second-order valence-corrected chi connectivity index (χ2v) is 6.93. The maximum Gasteiger partial charge on any atom is 0.313 e. The minimum atomic E-state index is -0.817. The maximum absolute atomic E-state index is 10.5. The number of piperidine rings is 1. The van der Waals surface area contributed by atoms with Gasteiger partial charge < -0.3 is 10.0 Å². The number of aliphatic carboxylic acids is 1. The Labute approximate surface area is 121 Å². The monoisotopic (exact) mass is 301 g/mol. The third-order valence-electron chi connectivity index (χ3n) is 3.30. The van der Waals surface area contributed by atoms with Gasteiger partial charge in [-0.25, -0.2) is 0 Å². The Morgan fingerprint density at radius 2 is 2.21 bits per heavy atom. The molecule has 0 unspecified atom stereocenters. The van der Waals surface area contributed by atoms with Crippen LogP contribution >= 0.6 is 23.1 Å². The molecule has 1 aromatic rings. The summed E-state index contributed by atoms with van der Waals surface area (Å²) in [7, 11) is 0. The van der Waals surface area contributed by atoms with E-state index in [1.807, 2.05) is 0 Å². The Kier molecular flexibility index (Phi) is 5.45. The lowest BCUT2D eigenvalue weighted by atomic mass is 9.93. The van der Waals surface area contributed by atoms with E-state index in [4.69, 9.17) is 5.11 Å². The second-order valence-electron chi connectivity index (χ2n) is 4.75. The first-order chi connectivity index (χ1) is 9.19. The molecule has 0 aliphatic carbocycles. The summed E-state index contributed by atoms with van der Waals surface area (Å²) >= 11 is 2.74. The summed E-state index contributed by atoms with van der Waals surface area (Å²) in [6, 6.07) is 0. The van der Waals surface area contributed by atoms with Crippen molar-refractivity contribution in [1.82, 2.24) is 10.2 Å². The van der Waals surface area contributed by atoms with Crippen molar-refractivity contribution in [2.24, 2.45) is 5.92 Å². The summed E-state index contributed by atoms with van der Waals surface area (Å²) in [5, 5.41) is 17.8. The zero-order valence-corrected chi connectivity index (χ0v) is 12.7. The van der Waals surface area contributed by atoms with Crippen molar-refractivity contribution in [3.8, 4) is 0 Å².